The Morgan fingerprint density at radius 2 is 2.12 bits per heavy atom. The van der Waals surface area contributed by atoms with Gasteiger partial charge in [0.15, 0.2) is 0 Å². The maximum atomic E-state index is 11.7. The molecule has 0 bridgehead atoms. The van der Waals surface area contributed by atoms with Crippen LogP contribution in [0.25, 0.3) is 0 Å². The lowest BCUT2D eigenvalue weighted by Gasteiger charge is -2.09. The molecule has 16 heavy (non-hydrogen) atoms. The quantitative estimate of drug-likeness (QED) is 0.866. The van der Waals surface area contributed by atoms with Gasteiger partial charge in [0.05, 0.1) is 0 Å². The highest BCUT2D eigenvalue weighted by molar-refractivity contribution is 8.03. The van der Waals surface area contributed by atoms with Gasteiger partial charge in [-0.1, -0.05) is 36.4 Å². The highest BCUT2D eigenvalue weighted by Crippen LogP contribution is 2.18. The number of carbonyl (C=O) groups is 1. The van der Waals surface area contributed by atoms with E-state index in [4.69, 9.17) is 0 Å². The lowest BCUT2D eigenvalue weighted by molar-refractivity contribution is 0.0957. The average molecular weight is 231 g/mol. The minimum atomic E-state index is -0.0170. The number of allylic oxidation sites excluding steroid dienone is 2. The van der Waals surface area contributed by atoms with Gasteiger partial charge in [-0.15, -0.1) is 11.8 Å². The number of benzene rings is 1. The van der Waals surface area contributed by atoms with Crippen LogP contribution in [0.15, 0.2) is 53.5 Å². The fourth-order valence-electron chi connectivity index (χ4n) is 1.40. The SMILES string of the molecule is O=C(NCC1=CC=CCS1)c1ccccc1. The molecule has 3 heteroatoms. The standard InChI is InChI=1S/C13H13NOS/c15-13(11-6-2-1-3-7-11)14-10-12-8-4-5-9-16-12/h1-8H,9-10H2,(H,14,15). The van der Waals surface area contributed by atoms with Crippen LogP contribution in [0.3, 0.4) is 0 Å². The van der Waals surface area contributed by atoms with Gasteiger partial charge in [0.2, 0.25) is 0 Å². The van der Waals surface area contributed by atoms with E-state index in [0.29, 0.717) is 12.1 Å². The summed E-state index contributed by atoms with van der Waals surface area (Å²) in [7, 11) is 0. The second-order valence-corrected chi connectivity index (χ2v) is 4.57. The molecular weight excluding hydrogens is 218 g/mol. The van der Waals surface area contributed by atoms with Crippen molar-refractivity contribution in [3.05, 3.63) is 59.0 Å². The molecule has 1 aliphatic heterocycles. The molecule has 1 aromatic rings. The Labute approximate surface area is 99.4 Å². The fourth-order valence-corrected chi connectivity index (χ4v) is 2.17. The van der Waals surface area contributed by atoms with E-state index in [2.05, 4.69) is 11.4 Å². The van der Waals surface area contributed by atoms with Gasteiger partial charge in [-0.05, 0) is 12.1 Å². The highest BCUT2D eigenvalue weighted by Gasteiger charge is 2.05. The molecule has 1 aliphatic rings. The van der Waals surface area contributed by atoms with Gasteiger partial charge < -0.3 is 5.32 Å². The largest absolute Gasteiger partial charge is 0.347 e. The predicted molar refractivity (Wildman–Crippen MR) is 68.5 cm³/mol. The first-order valence-corrected chi connectivity index (χ1v) is 6.16. The average Bonchev–Trinajstić information content (AvgIpc) is 2.38. The third kappa shape index (κ3) is 3.00. The fraction of sp³-hybridized carbons (Fsp3) is 0.154. The van der Waals surface area contributed by atoms with Crippen LogP contribution in [0.4, 0.5) is 0 Å². The van der Waals surface area contributed by atoms with Crippen molar-refractivity contribution in [3.63, 3.8) is 0 Å². The summed E-state index contributed by atoms with van der Waals surface area (Å²) in [6, 6.07) is 9.27. The van der Waals surface area contributed by atoms with Crippen LogP contribution in [-0.4, -0.2) is 18.2 Å². The van der Waals surface area contributed by atoms with E-state index in [1.54, 1.807) is 11.8 Å². The van der Waals surface area contributed by atoms with E-state index < -0.39 is 0 Å². The Balaban J connectivity index is 1.89. The van der Waals surface area contributed by atoms with E-state index in [-0.39, 0.29) is 5.91 Å². The van der Waals surface area contributed by atoms with Gasteiger partial charge in [0, 0.05) is 22.8 Å². The Bertz CT molecular complexity index is 423. The van der Waals surface area contributed by atoms with Crippen molar-refractivity contribution in [1.29, 1.82) is 0 Å². The van der Waals surface area contributed by atoms with Crippen LogP contribution in [0.5, 0.6) is 0 Å². The molecule has 1 aromatic carbocycles. The molecule has 2 nitrogen and oxygen atoms in total. The topological polar surface area (TPSA) is 29.1 Å². The van der Waals surface area contributed by atoms with Crippen LogP contribution in [0.1, 0.15) is 10.4 Å². The molecule has 0 aromatic heterocycles. The third-order valence-electron chi connectivity index (χ3n) is 2.24. The summed E-state index contributed by atoms with van der Waals surface area (Å²) in [6.07, 6.45) is 6.17. The van der Waals surface area contributed by atoms with E-state index in [1.165, 1.54) is 4.91 Å². The molecule has 2 rings (SSSR count). The van der Waals surface area contributed by atoms with Crippen molar-refractivity contribution < 1.29 is 4.79 Å². The highest BCUT2D eigenvalue weighted by atomic mass is 32.2. The molecule has 0 saturated heterocycles. The van der Waals surface area contributed by atoms with Gasteiger partial charge in [0.1, 0.15) is 0 Å². The van der Waals surface area contributed by atoms with Crippen LogP contribution < -0.4 is 5.32 Å². The molecule has 0 spiro atoms. The summed E-state index contributed by atoms with van der Waals surface area (Å²) in [5.74, 6) is 0.976. The van der Waals surface area contributed by atoms with Crippen molar-refractivity contribution in [3.8, 4) is 0 Å². The Hall–Kier alpha value is -1.48. The zero-order valence-electron chi connectivity index (χ0n) is 8.85. The second kappa shape index (κ2) is 5.56. The summed E-state index contributed by atoms with van der Waals surface area (Å²) in [5.41, 5.74) is 0.708. The number of carbonyl (C=O) groups excluding carboxylic acids is 1. The van der Waals surface area contributed by atoms with Crippen LogP contribution in [0, 0.1) is 0 Å². The summed E-state index contributed by atoms with van der Waals surface area (Å²) >= 11 is 1.76. The predicted octanol–water partition coefficient (Wildman–Crippen LogP) is 2.60. The number of nitrogens with one attached hydrogen (secondary N) is 1. The maximum Gasteiger partial charge on any atom is 0.251 e. The van der Waals surface area contributed by atoms with Crippen molar-refractivity contribution in [2.45, 2.75) is 0 Å². The molecule has 1 heterocycles. The van der Waals surface area contributed by atoms with Crippen molar-refractivity contribution in [2.75, 3.05) is 12.3 Å². The van der Waals surface area contributed by atoms with Gasteiger partial charge in [-0.2, -0.15) is 0 Å². The molecule has 0 saturated carbocycles. The summed E-state index contributed by atoms with van der Waals surface area (Å²) in [6.45, 7) is 0.614. The molecule has 82 valence electrons. The number of hydrogen-bond donors (Lipinski definition) is 1. The van der Waals surface area contributed by atoms with Gasteiger partial charge >= 0.3 is 0 Å². The first-order chi connectivity index (χ1) is 7.86. The molecule has 0 aliphatic carbocycles. The van der Waals surface area contributed by atoms with Gasteiger partial charge in [0.25, 0.3) is 5.91 Å². The van der Waals surface area contributed by atoms with Crippen LogP contribution in [0.2, 0.25) is 0 Å². The molecule has 0 atom stereocenters. The second-order valence-electron chi connectivity index (χ2n) is 3.42. The Morgan fingerprint density at radius 1 is 1.31 bits per heavy atom. The Kier molecular flexibility index (Phi) is 3.83. The van der Waals surface area contributed by atoms with E-state index in [9.17, 15) is 4.79 Å². The molecule has 0 fully saturated rings. The molecular formula is C13H13NOS. The van der Waals surface area contributed by atoms with E-state index in [1.807, 2.05) is 42.5 Å². The van der Waals surface area contributed by atoms with E-state index in [0.717, 1.165) is 5.75 Å². The summed E-state index contributed by atoms with van der Waals surface area (Å²) in [4.78, 5) is 12.9. The number of thioether (sulfide) groups is 1. The number of rotatable bonds is 3. The zero-order valence-corrected chi connectivity index (χ0v) is 9.67. The van der Waals surface area contributed by atoms with Gasteiger partial charge in [-0.3, -0.25) is 4.79 Å². The number of amides is 1. The normalized spacial score (nSPS) is 14.4. The smallest absolute Gasteiger partial charge is 0.251 e. The number of hydrogen-bond acceptors (Lipinski definition) is 2. The zero-order chi connectivity index (χ0) is 11.2. The molecule has 1 N–H and O–H groups in total. The van der Waals surface area contributed by atoms with Crippen molar-refractivity contribution in [1.82, 2.24) is 5.32 Å². The van der Waals surface area contributed by atoms with Crippen LogP contribution >= 0.6 is 11.8 Å². The van der Waals surface area contributed by atoms with Crippen molar-refractivity contribution in [2.24, 2.45) is 0 Å². The first kappa shape index (κ1) is 11.0. The molecule has 1 amide bonds. The Morgan fingerprint density at radius 3 is 2.81 bits per heavy atom. The van der Waals surface area contributed by atoms with Crippen LogP contribution in [-0.2, 0) is 0 Å². The lowest BCUT2D eigenvalue weighted by atomic mass is 10.2. The summed E-state index contributed by atoms with van der Waals surface area (Å²) < 4.78 is 0. The maximum absolute atomic E-state index is 11.7. The molecule has 0 unspecified atom stereocenters. The molecule has 0 radical (unpaired) electrons. The third-order valence-corrected chi connectivity index (χ3v) is 3.25. The first-order valence-electron chi connectivity index (χ1n) is 5.18. The lowest BCUT2D eigenvalue weighted by Crippen LogP contribution is -2.25. The van der Waals surface area contributed by atoms with E-state index >= 15 is 0 Å². The summed E-state index contributed by atoms with van der Waals surface area (Å²) in [5, 5.41) is 2.91. The van der Waals surface area contributed by atoms with Crippen molar-refractivity contribution >= 4 is 17.7 Å². The minimum absolute atomic E-state index is 0.0170. The monoisotopic (exact) mass is 231 g/mol. The minimum Gasteiger partial charge on any atom is -0.347 e. The van der Waals surface area contributed by atoms with Gasteiger partial charge in [-0.25, -0.2) is 0 Å².